The van der Waals surface area contributed by atoms with Crippen LogP contribution in [-0.4, -0.2) is 34.3 Å². The molecule has 1 atom stereocenters. The summed E-state index contributed by atoms with van der Waals surface area (Å²) in [7, 11) is 0. The molecule has 2 heterocycles. The third-order valence-electron chi connectivity index (χ3n) is 2.52. The van der Waals surface area contributed by atoms with E-state index in [-0.39, 0.29) is 11.3 Å². The van der Waals surface area contributed by atoms with Gasteiger partial charge in [0.15, 0.2) is 5.89 Å². The number of carbonyl (C=O) groups excluding carboxylic acids is 1. The molecule has 1 unspecified atom stereocenters. The molecule has 1 aromatic rings. The van der Waals surface area contributed by atoms with E-state index in [9.17, 15) is 4.79 Å². The molecule has 1 aliphatic rings. The van der Waals surface area contributed by atoms with E-state index in [1.54, 1.807) is 18.7 Å². The second kappa shape index (κ2) is 3.85. The zero-order valence-electron chi connectivity index (χ0n) is 8.79. The molecule has 2 rings (SSSR count). The SMILES string of the molecule is Cc1nc(C)c(C(=O)N2CCC(Cl)C2)o1. The van der Waals surface area contributed by atoms with Crippen LogP contribution in [0.5, 0.6) is 0 Å². The summed E-state index contributed by atoms with van der Waals surface area (Å²) in [6.07, 6.45) is 0.847. The van der Waals surface area contributed by atoms with Gasteiger partial charge in [0, 0.05) is 20.0 Å². The summed E-state index contributed by atoms with van der Waals surface area (Å²) < 4.78 is 5.28. The Hall–Kier alpha value is -1.03. The highest BCUT2D eigenvalue weighted by molar-refractivity contribution is 6.21. The van der Waals surface area contributed by atoms with Gasteiger partial charge in [-0.1, -0.05) is 0 Å². The molecule has 1 aromatic heterocycles. The monoisotopic (exact) mass is 228 g/mol. The molecule has 0 N–H and O–H groups in total. The van der Waals surface area contributed by atoms with E-state index < -0.39 is 0 Å². The number of amides is 1. The van der Waals surface area contributed by atoms with Crippen molar-refractivity contribution in [2.24, 2.45) is 0 Å². The van der Waals surface area contributed by atoms with Gasteiger partial charge in [-0.05, 0) is 13.3 Å². The lowest BCUT2D eigenvalue weighted by Crippen LogP contribution is -2.29. The number of nitrogens with zero attached hydrogens (tertiary/aromatic N) is 2. The topological polar surface area (TPSA) is 46.3 Å². The number of rotatable bonds is 1. The number of aryl methyl sites for hydroxylation is 2. The van der Waals surface area contributed by atoms with Crippen LogP contribution in [0, 0.1) is 13.8 Å². The van der Waals surface area contributed by atoms with E-state index in [1.807, 2.05) is 0 Å². The zero-order valence-corrected chi connectivity index (χ0v) is 9.54. The van der Waals surface area contributed by atoms with Crippen molar-refractivity contribution in [2.75, 3.05) is 13.1 Å². The van der Waals surface area contributed by atoms with Gasteiger partial charge in [-0.15, -0.1) is 11.6 Å². The maximum Gasteiger partial charge on any atom is 0.291 e. The summed E-state index contributed by atoms with van der Waals surface area (Å²) in [5.74, 6) is 0.770. The summed E-state index contributed by atoms with van der Waals surface area (Å²) in [5, 5.41) is 0.0678. The van der Waals surface area contributed by atoms with Crippen LogP contribution >= 0.6 is 11.6 Å². The van der Waals surface area contributed by atoms with E-state index in [0.29, 0.717) is 30.4 Å². The maximum atomic E-state index is 12.0. The lowest BCUT2D eigenvalue weighted by Gasteiger charge is -2.13. The number of alkyl halides is 1. The van der Waals surface area contributed by atoms with Crippen LogP contribution in [0.1, 0.15) is 28.6 Å². The third-order valence-corrected chi connectivity index (χ3v) is 2.87. The van der Waals surface area contributed by atoms with Gasteiger partial charge in [-0.2, -0.15) is 0 Å². The van der Waals surface area contributed by atoms with Gasteiger partial charge in [0.2, 0.25) is 5.76 Å². The highest BCUT2D eigenvalue weighted by Crippen LogP contribution is 2.19. The Kier molecular flexibility index (Phi) is 2.69. The lowest BCUT2D eigenvalue weighted by atomic mass is 10.3. The summed E-state index contributed by atoms with van der Waals surface area (Å²) in [5.41, 5.74) is 0.649. The summed E-state index contributed by atoms with van der Waals surface area (Å²) >= 11 is 5.94. The number of hydrogen-bond donors (Lipinski definition) is 0. The van der Waals surface area contributed by atoms with Gasteiger partial charge in [-0.25, -0.2) is 4.98 Å². The predicted octanol–water partition coefficient (Wildman–Crippen LogP) is 1.74. The number of likely N-dealkylation sites (tertiary alicyclic amines) is 1. The standard InChI is InChI=1S/C10H13ClN2O2/c1-6-9(15-7(2)12-6)10(14)13-4-3-8(11)5-13/h8H,3-5H2,1-2H3. The molecule has 0 aromatic carbocycles. The molecule has 0 radical (unpaired) electrons. The van der Waals surface area contributed by atoms with Crippen molar-refractivity contribution in [3.8, 4) is 0 Å². The van der Waals surface area contributed by atoms with Crippen LogP contribution in [0.3, 0.4) is 0 Å². The average Bonchev–Trinajstić information content (AvgIpc) is 2.71. The van der Waals surface area contributed by atoms with Gasteiger partial charge in [-0.3, -0.25) is 4.79 Å². The molecule has 0 aliphatic carbocycles. The molecule has 15 heavy (non-hydrogen) atoms. The first-order chi connectivity index (χ1) is 7.08. The molecule has 1 amide bonds. The molecular weight excluding hydrogens is 216 g/mol. The first kappa shape index (κ1) is 10.5. The Labute approximate surface area is 93.2 Å². The van der Waals surface area contributed by atoms with Crippen molar-refractivity contribution in [3.05, 3.63) is 17.3 Å². The first-order valence-corrected chi connectivity index (χ1v) is 5.39. The van der Waals surface area contributed by atoms with Gasteiger partial charge >= 0.3 is 0 Å². The highest BCUT2D eigenvalue weighted by Gasteiger charge is 2.28. The van der Waals surface area contributed by atoms with E-state index in [2.05, 4.69) is 4.98 Å². The highest BCUT2D eigenvalue weighted by atomic mass is 35.5. The fraction of sp³-hybridized carbons (Fsp3) is 0.600. The molecule has 0 spiro atoms. The van der Waals surface area contributed by atoms with Crippen molar-refractivity contribution < 1.29 is 9.21 Å². The van der Waals surface area contributed by atoms with Crippen LogP contribution in [0.25, 0.3) is 0 Å². The van der Waals surface area contributed by atoms with E-state index >= 15 is 0 Å². The molecule has 1 aliphatic heterocycles. The second-order valence-corrected chi connectivity index (χ2v) is 4.40. The second-order valence-electron chi connectivity index (χ2n) is 3.78. The number of hydrogen-bond acceptors (Lipinski definition) is 3. The van der Waals surface area contributed by atoms with Crippen LogP contribution in [0.2, 0.25) is 0 Å². The minimum absolute atomic E-state index is 0.0678. The van der Waals surface area contributed by atoms with Crippen molar-refractivity contribution >= 4 is 17.5 Å². The number of carbonyl (C=O) groups is 1. The van der Waals surface area contributed by atoms with Crippen LogP contribution < -0.4 is 0 Å². The van der Waals surface area contributed by atoms with Gasteiger partial charge in [0.05, 0.1) is 11.1 Å². The smallest absolute Gasteiger partial charge is 0.291 e. The Balaban J connectivity index is 2.17. The van der Waals surface area contributed by atoms with Crippen LogP contribution in [0.4, 0.5) is 0 Å². The van der Waals surface area contributed by atoms with Crippen molar-refractivity contribution in [1.29, 1.82) is 0 Å². The molecular formula is C10H13ClN2O2. The minimum Gasteiger partial charge on any atom is -0.436 e. The van der Waals surface area contributed by atoms with Crippen molar-refractivity contribution in [3.63, 3.8) is 0 Å². The average molecular weight is 229 g/mol. The molecule has 5 heteroatoms. The van der Waals surface area contributed by atoms with Crippen molar-refractivity contribution in [1.82, 2.24) is 9.88 Å². The Morgan fingerprint density at radius 3 is 2.80 bits per heavy atom. The Bertz CT molecular complexity index is 389. The molecule has 0 bridgehead atoms. The minimum atomic E-state index is -0.101. The normalized spacial score (nSPS) is 21.0. The van der Waals surface area contributed by atoms with Gasteiger partial charge in [0.25, 0.3) is 5.91 Å². The van der Waals surface area contributed by atoms with Crippen molar-refractivity contribution in [2.45, 2.75) is 25.6 Å². The fourth-order valence-corrected chi connectivity index (χ4v) is 2.04. The number of aromatic nitrogens is 1. The lowest BCUT2D eigenvalue weighted by molar-refractivity contribution is 0.0759. The van der Waals surface area contributed by atoms with E-state index in [0.717, 1.165) is 6.42 Å². The number of halogens is 1. The Morgan fingerprint density at radius 2 is 2.33 bits per heavy atom. The Morgan fingerprint density at radius 1 is 1.60 bits per heavy atom. The maximum absolute atomic E-state index is 12.0. The first-order valence-electron chi connectivity index (χ1n) is 4.95. The number of oxazole rings is 1. The molecule has 1 saturated heterocycles. The largest absolute Gasteiger partial charge is 0.436 e. The summed E-state index contributed by atoms with van der Waals surface area (Å²) in [6, 6.07) is 0. The van der Waals surface area contributed by atoms with E-state index in [1.165, 1.54) is 0 Å². The molecule has 1 fully saturated rings. The van der Waals surface area contributed by atoms with E-state index in [4.69, 9.17) is 16.0 Å². The molecule has 0 saturated carbocycles. The molecule has 4 nitrogen and oxygen atoms in total. The molecule has 82 valence electrons. The predicted molar refractivity (Wildman–Crippen MR) is 56.1 cm³/mol. The van der Waals surface area contributed by atoms with Gasteiger partial charge in [0.1, 0.15) is 0 Å². The van der Waals surface area contributed by atoms with Crippen LogP contribution in [-0.2, 0) is 0 Å². The summed E-state index contributed by atoms with van der Waals surface area (Å²) in [4.78, 5) is 17.7. The third kappa shape index (κ3) is 2.00. The van der Waals surface area contributed by atoms with Gasteiger partial charge < -0.3 is 9.32 Å². The summed E-state index contributed by atoms with van der Waals surface area (Å²) in [6.45, 7) is 4.81. The zero-order chi connectivity index (χ0) is 11.0. The fourth-order valence-electron chi connectivity index (χ4n) is 1.78. The quantitative estimate of drug-likeness (QED) is 0.688. The van der Waals surface area contributed by atoms with Crippen LogP contribution in [0.15, 0.2) is 4.42 Å².